The second-order valence-corrected chi connectivity index (χ2v) is 3.87. The predicted octanol–water partition coefficient (Wildman–Crippen LogP) is 0.412. The lowest BCUT2D eigenvalue weighted by molar-refractivity contribution is -0.143. The molecule has 0 fully saturated rings. The zero-order chi connectivity index (χ0) is 10.5. The molecule has 0 aromatic rings. The summed E-state index contributed by atoms with van der Waals surface area (Å²) in [6, 6.07) is 0. The molecule has 0 aliphatic rings. The molecular weight excluding hydrogens is 209 g/mol. The Bertz CT molecular complexity index is 149. The van der Waals surface area contributed by atoms with Crippen molar-refractivity contribution in [3.8, 4) is 0 Å². The monoisotopic (exact) mass is 220 g/mol. The van der Waals surface area contributed by atoms with Crippen molar-refractivity contribution in [1.29, 1.82) is 0 Å². The summed E-state index contributed by atoms with van der Waals surface area (Å²) in [7, 11) is -4.30. The summed E-state index contributed by atoms with van der Waals surface area (Å²) in [6.45, 7) is 0.648. The summed E-state index contributed by atoms with van der Waals surface area (Å²) in [5.74, 6) is 0. The summed E-state index contributed by atoms with van der Waals surface area (Å²) >= 11 is 0. The van der Waals surface area contributed by atoms with Crippen molar-refractivity contribution in [3.63, 3.8) is 0 Å². The summed E-state index contributed by atoms with van der Waals surface area (Å²) in [4.78, 5) is 17.6. The van der Waals surface area contributed by atoms with Crippen LogP contribution < -0.4 is 0 Å². The van der Waals surface area contributed by atoms with E-state index in [2.05, 4.69) is 8.85 Å². The number of hydrogen-bond donors (Lipinski definition) is 2. The van der Waals surface area contributed by atoms with Crippen LogP contribution in [0.25, 0.3) is 0 Å². The molecular formula is C5H11F3O4Si. The maximum absolute atomic E-state index is 11.5. The van der Waals surface area contributed by atoms with Gasteiger partial charge in [0.25, 0.3) is 0 Å². The molecule has 0 atom stereocenters. The van der Waals surface area contributed by atoms with E-state index in [0.29, 0.717) is 0 Å². The first kappa shape index (κ1) is 12.8. The average Bonchev–Trinajstić information content (AvgIpc) is 1.82. The largest absolute Gasteiger partial charge is 0.674 e. The molecule has 0 amide bonds. The van der Waals surface area contributed by atoms with Gasteiger partial charge in [0.2, 0.25) is 0 Å². The standard InChI is InChI=1S/C5H11F3O4Si/c1-2-11-13(9,10)12-4-3-5(6,7)8/h9-10H,2-4H2,1H3. The van der Waals surface area contributed by atoms with Crippen LogP contribution in [0.3, 0.4) is 0 Å². The summed E-state index contributed by atoms with van der Waals surface area (Å²) in [5.41, 5.74) is 0. The van der Waals surface area contributed by atoms with E-state index >= 15 is 0 Å². The van der Waals surface area contributed by atoms with Crippen molar-refractivity contribution < 1.29 is 31.6 Å². The van der Waals surface area contributed by atoms with E-state index in [1.54, 1.807) is 0 Å². The lowest BCUT2D eigenvalue weighted by Crippen LogP contribution is -2.43. The minimum Gasteiger partial charge on any atom is -0.367 e. The van der Waals surface area contributed by atoms with Gasteiger partial charge in [-0.3, -0.25) is 0 Å². The van der Waals surface area contributed by atoms with E-state index in [4.69, 9.17) is 9.59 Å². The molecule has 0 saturated heterocycles. The molecule has 80 valence electrons. The first-order chi connectivity index (χ1) is 5.77. The van der Waals surface area contributed by atoms with E-state index in [1.165, 1.54) is 6.92 Å². The van der Waals surface area contributed by atoms with E-state index in [-0.39, 0.29) is 6.61 Å². The van der Waals surface area contributed by atoms with Gasteiger partial charge in [-0.1, -0.05) is 0 Å². The molecule has 13 heavy (non-hydrogen) atoms. The fourth-order valence-electron chi connectivity index (χ4n) is 0.529. The number of hydrogen-bond acceptors (Lipinski definition) is 4. The van der Waals surface area contributed by atoms with Crippen molar-refractivity contribution in [2.24, 2.45) is 0 Å². The van der Waals surface area contributed by atoms with Gasteiger partial charge in [0.05, 0.1) is 6.42 Å². The average molecular weight is 220 g/mol. The van der Waals surface area contributed by atoms with E-state index in [1.807, 2.05) is 0 Å². The molecule has 0 aromatic carbocycles. The van der Waals surface area contributed by atoms with Crippen LogP contribution in [0.5, 0.6) is 0 Å². The predicted molar refractivity (Wildman–Crippen MR) is 38.4 cm³/mol. The van der Waals surface area contributed by atoms with Crippen molar-refractivity contribution in [3.05, 3.63) is 0 Å². The van der Waals surface area contributed by atoms with Crippen molar-refractivity contribution in [2.75, 3.05) is 13.2 Å². The van der Waals surface area contributed by atoms with E-state index < -0.39 is 28.3 Å². The maximum Gasteiger partial charge on any atom is 0.674 e. The summed E-state index contributed by atoms with van der Waals surface area (Å²) < 4.78 is 43.1. The Hall–Kier alpha value is -0.153. The Kier molecular flexibility index (Phi) is 4.85. The van der Waals surface area contributed by atoms with Gasteiger partial charge in [-0.2, -0.15) is 13.2 Å². The third-order valence-electron chi connectivity index (χ3n) is 1.01. The number of alkyl halides is 3. The van der Waals surface area contributed by atoms with Crippen LogP contribution in [-0.2, 0) is 8.85 Å². The second-order valence-electron chi connectivity index (χ2n) is 2.20. The lowest BCUT2D eigenvalue weighted by Gasteiger charge is -2.16. The molecule has 0 aliphatic heterocycles. The molecule has 0 unspecified atom stereocenters. The van der Waals surface area contributed by atoms with Crippen molar-refractivity contribution in [1.82, 2.24) is 0 Å². The van der Waals surface area contributed by atoms with Crippen LogP contribution in [-0.4, -0.2) is 38.0 Å². The highest BCUT2D eigenvalue weighted by molar-refractivity contribution is 6.50. The van der Waals surface area contributed by atoms with Crippen LogP contribution in [0.15, 0.2) is 0 Å². The summed E-state index contributed by atoms with van der Waals surface area (Å²) in [5, 5.41) is 0. The zero-order valence-electron chi connectivity index (χ0n) is 6.97. The van der Waals surface area contributed by atoms with Crippen LogP contribution in [0.4, 0.5) is 13.2 Å². The Labute approximate surface area is 74.4 Å². The Morgan fingerprint density at radius 3 is 2.15 bits per heavy atom. The minimum absolute atomic E-state index is 0.0226. The van der Waals surface area contributed by atoms with Crippen LogP contribution in [0, 0.1) is 0 Å². The van der Waals surface area contributed by atoms with Gasteiger partial charge in [-0.15, -0.1) is 0 Å². The van der Waals surface area contributed by atoms with Gasteiger partial charge in [0.1, 0.15) is 0 Å². The molecule has 0 aromatic heterocycles. The SMILES string of the molecule is CCO[Si](O)(O)OCCC(F)(F)F. The zero-order valence-corrected chi connectivity index (χ0v) is 7.97. The molecule has 0 spiro atoms. The highest BCUT2D eigenvalue weighted by Gasteiger charge is 2.37. The molecule has 8 heteroatoms. The van der Waals surface area contributed by atoms with Crippen LogP contribution >= 0.6 is 0 Å². The first-order valence-corrected chi connectivity index (χ1v) is 5.27. The first-order valence-electron chi connectivity index (χ1n) is 3.56. The third-order valence-corrected chi connectivity index (χ3v) is 2.25. The topological polar surface area (TPSA) is 58.9 Å². The lowest BCUT2D eigenvalue weighted by atomic mass is 10.5. The Morgan fingerprint density at radius 1 is 1.23 bits per heavy atom. The highest BCUT2D eigenvalue weighted by atomic mass is 28.4. The van der Waals surface area contributed by atoms with Gasteiger partial charge in [-0.05, 0) is 6.92 Å². The smallest absolute Gasteiger partial charge is 0.367 e. The highest BCUT2D eigenvalue weighted by Crippen LogP contribution is 2.19. The third kappa shape index (κ3) is 8.18. The molecule has 0 radical (unpaired) electrons. The minimum atomic E-state index is -4.36. The molecule has 0 bridgehead atoms. The van der Waals surface area contributed by atoms with Crippen molar-refractivity contribution >= 4 is 9.05 Å². The van der Waals surface area contributed by atoms with Crippen molar-refractivity contribution in [2.45, 2.75) is 19.5 Å². The second kappa shape index (κ2) is 4.91. The fourth-order valence-corrected chi connectivity index (χ4v) is 1.36. The van der Waals surface area contributed by atoms with Gasteiger partial charge in [0.15, 0.2) is 0 Å². The molecule has 0 heterocycles. The molecule has 4 nitrogen and oxygen atoms in total. The van der Waals surface area contributed by atoms with Crippen LogP contribution in [0.2, 0.25) is 0 Å². The van der Waals surface area contributed by atoms with Gasteiger partial charge in [0, 0.05) is 13.2 Å². The molecule has 2 N–H and O–H groups in total. The Balaban J connectivity index is 3.63. The molecule has 0 rings (SSSR count). The number of rotatable bonds is 5. The number of halogens is 3. The summed E-state index contributed by atoms with van der Waals surface area (Å²) in [6.07, 6.45) is -5.59. The fraction of sp³-hybridized carbons (Fsp3) is 1.00. The quantitative estimate of drug-likeness (QED) is 0.659. The van der Waals surface area contributed by atoms with Gasteiger partial charge < -0.3 is 18.4 Å². The molecule has 0 aliphatic carbocycles. The van der Waals surface area contributed by atoms with E-state index in [9.17, 15) is 13.2 Å². The Morgan fingerprint density at radius 2 is 1.77 bits per heavy atom. The normalized spacial score (nSPS) is 13.4. The van der Waals surface area contributed by atoms with Gasteiger partial charge in [-0.25, -0.2) is 0 Å². The maximum atomic E-state index is 11.5. The van der Waals surface area contributed by atoms with Gasteiger partial charge >= 0.3 is 15.2 Å². The van der Waals surface area contributed by atoms with Crippen LogP contribution in [0.1, 0.15) is 13.3 Å². The molecule has 0 saturated carbocycles. The van der Waals surface area contributed by atoms with E-state index in [0.717, 1.165) is 0 Å².